The lowest BCUT2D eigenvalue weighted by Crippen LogP contribution is -2.32. The lowest BCUT2D eigenvalue weighted by atomic mass is 9.66. The Morgan fingerprint density at radius 2 is 2.00 bits per heavy atom. The van der Waals surface area contributed by atoms with Crippen molar-refractivity contribution in [1.29, 1.82) is 5.26 Å². The van der Waals surface area contributed by atoms with Crippen LogP contribution in [0.25, 0.3) is 0 Å². The number of anilines is 1. The second kappa shape index (κ2) is 5.75. The van der Waals surface area contributed by atoms with Gasteiger partial charge < -0.3 is 5.73 Å². The molecule has 0 fully saturated rings. The Bertz CT molecular complexity index is 454. The summed E-state index contributed by atoms with van der Waals surface area (Å²) in [5.41, 5.74) is 8.08. The first-order chi connectivity index (χ1) is 8.50. The van der Waals surface area contributed by atoms with Gasteiger partial charge >= 0.3 is 0 Å². The molecule has 1 unspecified atom stereocenters. The Kier molecular flexibility index (Phi) is 4.81. The molecule has 1 atom stereocenters. The third kappa shape index (κ3) is 2.27. The number of hydrogen-bond donors (Lipinski definition) is 1. The number of nitrogens with two attached hydrogens (primary N) is 1. The Morgan fingerprint density at radius 1 is 1.39 bits per heavy atom. The van der Waals surface area contributed by atoms with E-state index in [2.05, 4.69) is 26.8 Å². The summed E-state index contributed by atoms with van der Waals surface area (Å²) in [7, 11) is 0. The van der Waals surface area contributed by atoms with Crippen LogP contribution in [0, 0.1) is 17.2 Å². The molecule has 1 heterocycles. The average Bonchev–Trinajstić information content (AvgIpc) is 2.68. The fraction of sp³-hybridized carbons (Fsp3) is 0.667. The molecule has 0 radical (unpaired) electrons. The van der Waals surface area contributed by atoms with Crippen LogP contribution in [0.5, 0.6) is 0 Å². The van der Waals surface area contributed by atoms with E-state index in [1.54, 1.807) is 11.3 Å². The van der Waals surface area contributed by atoms with E-state index in [4.69, 9.17) is 5.73 Å². The number of aryl methyl sites for hydroxylation is 1. The van der Waals surface area contributed by atoms with Gasteiger partial charge in [0.15, 0.2) is 0 Å². The standard InChI is InChI=1S/C13H18N2S.C2H6/c1-8(2)13(3)6-4-5-10-11(13)9(7-14)12(15)16-10;1-2/h8H,4-6,15H2,1-3H3;1-2H3. The molecule has 1 aliphatic carbocycles. The third-order valence-corrected chi connectivity index (χ3v) is 5.14. The zero-order valence-electron chi connectivity index (χ0n) is 12.1. The molecule has 0 aromatic carbocycles. The Hall–Kier alpha value is -1.01. The van der Waals surface area contributed by atoms with Crippen molar-refractivity contribution < 1.29 is 0 Å². The Morgan fingerprint density at radius 3 is 2.50 bits per heavy atom. The van der Waals surface area contributed by atoms with Gasteiger partial charge in [0.05, 0.1) is 5.56 Å². The highest BCUT2D eigenvalue weighted by Crippen LogP contribution is 2.48. The molecule has 2 rings (SSSR count). The molecule has 0 saturated heterocycles. The predicted molar refractivity (Wildman–Crippen MR) is 79.9 cm³/mol. The Labute approximate surface area is 115 Å². The van der Waals surface area contributed by atoms with Crippen molar-refractivity contribution in [3.63, 3.8) is 0 Å². The third-order valence-electron chi connectivity index (χ3n) is 4.07. The maximum atomic E-state index is 9.25. The Balaban J connectivity index is 0.000000771. The predicted octanol–water partition coefficient (Wildman–Crippen LogP) is 4.48. The molecular weight excluding hydrogens is 240 g/mol. The lowest BCUT2D eigenvalue weighted by molar-refractivity contribution is 0.292. The average molecular weight is 264 g/mol. The lowest BCUT2D eigenvalue weighted by Gasteiger charge is -2.38. The molecule has 0 bridgehead atoms. The van der Waals surface area contributed by atoms with E-state index in [-0.39, 0.29) is 5.41 Å². The van der Waals surface area contributed by atoms with Crippen molar-refractivity contribution in [3.05, 3.63) is 16.0 Å². The number of nitriles is 1. The van der Waals surface area contributed by atoms with Crippen molar-refractivity contribution in [3.8, 4) is 6.07 Å². The van der Waals surface area contributed by atoms with E-state index >= 15 is 0 Å². The summed E-state index contributed by atoms with van der Waals surface area (Å²) < 4.78 is 0. The largest absolute Gasteiger partial charge is 0.389 e. The van der Waals surface area contributed by atoms with Crippen LogP contribution in [-0.2, 0) is 11.8 Å². The second-order valence-electron chi connectivity index (χ2n) is 5.18. The number of nitrogens with zero attached hydrogens (tertiary/aromatic N) is 1. The molecule has 1 aromatic rings. The molecule has 2 nitrogen and oxygen atoms in total. The number of fused-ring (bicyclic) bond motifs is 1. The quantitative estimate of drug-likeness (QED) is 0.813. The van der Waals surface area contributed by atoms with E-state index in [1.807, 2.05) is 13.8 Å². The molecule has 3 heteroatoms. The van der Waals surface area contributed by atoms with E-state index in [9.17, 15) is 5.26 Å². The summed E-state index contributed by atoms with van der Waals surface area (Å²) in [5.74, 6) is 0.549. The molecule has 2 N–H and O–H groups in total. The van der Waals surface area contributed by atoms with Crippen LogP contribution in [0.15, 0.2) is 0 Å². The van der Waals surface area contributed by atoms with Gasteiger partial charge in [-0.3, -0.25) is 0 Å². The minimum absolute atomic E-state index is 0.132. The van der Waals surface area contributed by atoms with Crippen LogP contribution >= 0.6 is 11.3 Å². The van der Waals surface area contributed by atoms with Crippen LogP contribution in [0.3, 0.4) is 0 Å². The van der Waals surface area contributed by atoms with Gasteiger partial charge in [-0.15, -0.1) is 11.3 Å². The van der Waals surface area contributed by atoms with E-state index < -0.39 is 0 Å². The summed E-state index contributed by atoms with van der Waals surface area (Å²) in [6, 6.07) is 2.30. The number of nitrogen functional groups attached to an aromatic ring is 1. The van der Waals surface area contributed by atoms with Crippen LogP contribution in [0.1, 0.15) is 63.5 Å². The molecule has 0 saturated carbocycles. The minimum atomic E-state index is 0.132. The zero-order chi connectivity index (χ0) is 13.9. The fourth-order valence-corrected chi connectivity index (χ4v) is 3.91. The molecule has 1 aliphatic rings. The molecule has 0 spiro atoms. The summed E-state index contributed by atoms with van der Waals surface area (Å²) >= 11 is 1.62. The van der Waals surface area contributed by atoms with Crippen molar-refractivity contribution in [2.24, 2.45) is 5.92 Å². The van der Waals surface area contributed by atoms with Crippen LogP contribution in [0.4, 0.5) is 5.00 Å². The van der Waals surface area contributed by atoms with Gasteiger partial charge in [-0.1, -0.05) is 34.6 Å². The van der Waals surface area contributed by atoms with Crippen LogP contribution < -0.4 is 5.73 Å². The minimum Gasteiger partial charge on any atom is -0.389 e. The van der Waals surface area contributed by atoms with Crippen molar-refractivity contribution in [1.82, 2.24) is 0 Å². The van der Waals surface area contributed by atoms with E-state index in [0.29, 0.717) is 10.9 Å². The van der Waals surface area contributed by atoms with Gasteiger partial charge in [-0.05, 0) is 36.2 Å². The highest BCUT2D eigenvalue weighted by Gasteiger charge is 2.39. The first kappa shape index (κ1) is 15.0. The topological polar surface area (TPSA) is 49.8 Å². The van der Waals surface area contributed by atoms with Crippen LogP contribution in [0.2, 0.25) is 0 Å². The first-order valence-electron chi connectivity index (χ1n) is 6.82. The highest BCUT2D eigenvalue weighted by molar-refractivity contribution is 7.16. The molecule has 100 valence electrons. The number of thiophene rings is 1. The van der Waals surface area contributed by atoms with E-state index in [0.717, 1.165) is 12.0 Å². The second-order valence-corrected chi connectivity index (χ2v) is 6.31. The number of rotatable bonds is 1. The van der Waals surface area contributed by atoms with Gasteiger partial charge in [-0.2, -0.15) is 5.26 Å². The molecule has 0 aliphatic heterocycles. The monoisotopic (exact) mass is 264 g/mol. The van der Waals surface area contributed by atoms with E-state index in [1.165, 1.54) is 23.3 Å². The van der Waals surface area contributed by atoms with Gasteiger partial charge in [0, 0.05) is 4.88 Å². The molecule has 18 heavy (non-hydrogen) atoms. The van der Waals surface area contributed by atoms with Crippen molar-refractivity contribution >= 4 is 16.3 Å². The molecule has 0 amide bonds. The fourth-order valence-electron chi connectivity index (χ4n) is 2.71. The maximum Gasteiger partial charge on any atom is 0.104 e. The van der Waals surface area contributed by atoms with Crippen LogP contribution in [-0.4, -0.2) is 0 Å². The van der Waals surface area contributed by atoms with Gasteiger partial charge in [0.1, 0.15) is 11.1 Å². The van der Waals surface area contributed by atoms with Gasteiger partial charge in [0.2, 0.25) is 0 Å². The summed E-state index contributed by atoms with van der Waals surface area (Å²) in [4.78, 5) is 1.34. The first-order valence-corrected chi connectivity index (χ1v) is 7.64. The van der Waals surface area contributed by atoms with Crippen molar-refractivity contribution in [2.45, 2.75) is 59.3 Å². The van der Waals surface area contributed by atoms with Crippen molar-refractivity contribution in [2.75, 3.05) is 5.73 Å². The maximum absolute atomic E-state index is 9.25. The molecular formula is C15H24N2S. The summed E-state index contributed by atoms with van der Waals surface area (Å²) in [6.07, 6.45) is 3.48. The summed E-state index contributed by atoms with van der Waals surface area (Å²) in [5, 5.41) is 9.96. The molecule has 1 aromatic heterocycles. The zero-order valence-corrected chi connectivity index (χ0v) is 12.9. The highest BCUT2D eigenvalue weighted by atomic mass is 32.1. The SMILES string of the molecule is CC.CC(C)C1(C)CCCc2sc(N)c(C#N)c21. The van der Waals surface area contributed by atoms with Gasteiger partial charge in [0.25, 0.3) is 0 Å². The summed E-state index contributed by atoms with van der Waals surface area (Å²) in [6.45, 7) is 10.8. The smallest absolute Gasteiger partial charge is 0.104 e. The van der Waals surface area contributed by atoms with Gasteiger partial charge in [-0.25, -0.2) is 0 Å². The normalized spacial score (nSPS) is 21.8. The number of hydrogen-bond acceptors (Lipinski definition) is 3.